The van der Waals surface area contributed by atoms with Crippen molar-refractivity contribution >= 4 is 5.69 Å². The molecule has 0 atom stereocenters. The van der Waals surface area contributed by atoms with Crippen LogP contribution in [0, 0.1) is 29.1 Å². The summed E-state index contributed by atoms with van der Waals surface area (Å²) >= 11 is 0. The smallest absolute Gasteiger partial charge is 0.200 e. The standard InChI is InChI=1S/C11H8F5N3/c1-19-4-17-2-5(19)3-18-11-9(15)7(13)6(12)8(14)10(11)16/h2,4,18H,3H2,1H3. The Bertz CT molecular complexity index is 594. The minimum Gasteiger partial charge on any atom is -0.374 e. The summed E-state index contributed by atoms with van der Waals surface area (Å²) in [7, 11) is 1.63. The van der Waals surface area contributed by atoms with Crippen LogP contribution in [0.25, 0.3) is 0 Å². The molecule has 0 radical (unpaired) electrons. The molecule has 0 aliphatic carbocycles. The fourth-order valence-electron chi connectivity index (χ4n) is 1.49. The van der Waals surface area contributed by atoms with Gasteiger partial charge in [0.15, 0.2) is 23.3 Å². The summed E-state index contributed by atoms with van der Waals surface area (Å²) < 4.78 is 66.9. The van der Waals surface area contributed by atoms with E-state index in [1.165, 1.54) is 12.5 Å². The average molecular weight is 277 g/mol. The Balaban J connectivity index is 2.33. The molecule has 1 N–H and O–H groups in total. The van der Waals surface area contributed by atoms with E-state index < -0.39 is 34.8 Å². The van der Waals surface area contributed by atoms with Gasteiger partial charge in [-0.05, 0) is 0 Å². The number of rotatable bonds is 3. The van der Waals surface area contributed by atoms with Gasteiger partial charge in [-0.3, -0.25) is 0 Å². The van der Waals surface area contributed by atoms with Gasteiger partial charge in [-0.25, -0.2) is 26.9 Å². The first-order chi connectivity index (χ1) is 8.93. The summed E-state index contributed by atoms with van der Waals surface area (Å²) in [5.41, 5.74) is -0.540. The minimum absolute atomic E-state index is 0.130. The quantitative estimate of drug-likeness (QED) is 0.531. The molecule has 0 bridgehead atoms. The van der Waals surface area contributed by atoms with Crippen LogP contribution in [0.5, 0.6) is 0 Å². The van der Waals surface area contributed by atoms with Gasteiger partial charge in [0.05, 0.1) is 18.6 Å². The molecule has 0 aliphatic rings. The highest BCUT2D eigenvalue weighted by atomic mass is 19.2. The van der Waals surface area contributed by atoms with Crippen molar-refractivity contribution in [2.24, 2.45) is 7.05 Å². The topological polar surface area (TPSA) is 29.9 Å². The van der Waals surface area contributed by atoms with Crippen molar-refractivity contribution in [3.05, 3.63) is 47.3 Å². The maximum atomic E-state index is 13.3. The van der Waals surface area contributed by atoms with Crippen molar-refractivity contribution in [2.45, 2.75) is 6.54 Å². The van der Waals surface area contributed by atoms with E-state index in [4.69, 9.17) is 0 Å². The molecule has 2 aromatic rings. The second-order valence-corrected chi connectivity index (χ2v) is 3.79. The number of hydrogen-bond donors (Lipinski definition) is 1. The van der Waals surface area contributed by atoms with Crippen molar-refractivity contribution in [1.29, 1.82) is 0 Å². The molecule has 8 heteroatoms. The minimum atomic E-state index is -2.18. The molecular weight excluding hydrogens is 269 g/mol. The monoisotopic (exact) mass is 277 g/mol. The van der Waals surface area contributed by atoms with E-state index >= 15 is 0 Å². The number of aryl methyl sites for hydroxylation is 1. The zero-order valence-electron chi connectivity index (χ0n) is 9.65. The van der Waals surface area contributed by atoms with E-state index in [-0.39, 0.29) is 6.54 Å². The van der Waals surface area contributed by atoms with Crippen LogP contribution in [-0.4, -0.2) is 9.55 Å². The Kier molecular flexibility index (Phi) is 3.41. The van der Waals surface area contributed by atoms with Crippen molar-refractivity contribution in [3.63, 3.8) is 0 Å². The number of halogens is 5. The predicted molar refractivity (Wildman–Crippen MR) is 56.8 cm³/mol. The van der Waals surface area contributed by atoms with E-state index in [1.807, 2.05) is 0 Å². The Labute approximate surface area is 104 Å². The van der Waals surface area contributed by atoms with E-state index in [2.05, 4.69) is 10.3 Å². The van der Waals surface area contributed by atoms with Crippen molar-refractivity contribution < 1.29 is 22.0 Å². The SMILES string of the molecule is Cn1cncc1CNc1c(F)c(F)c(F)c(F)c1F. The van der Waals surface area contributed by atoms with Crippen LogP contribution < -0.4 is 5.32 Å². The van der Waals surface area contributed by atoms with Crippen LogP contribution >= 0.6 is 0 Å². The molecule has 0 saturated heterocycles. The van der Waals surface area contributed by atoms with Crippen LogP contribution in [-0.2, 0) is 13.6 Å². The van der Waals surface area contributed by atoms with Crippen molar-refractivity contribution in [3.8, 4) is 0 Å². The van der Waals surface area contributed by atoms with E-state index in [1.54, 1.807) is 11.6 Å². The molecule has 1 heterocycles. The molecule has 1 aromatic carbocycles. The Morgan fingerprint density at radius 1 is 1.00 bits per heavy atom. The van der Waals surface area contributed by atoms with E-state index in [9.17, 15) is 22.0 Å². The number of benzene rings is 1. The summed E-state index contributed by atoms with van der Waals surface area (Å²) in [6.45, 7) is -0.130. The highest BCUT2D eigenvalue weighted by molar-refractivity contribution is 5.47. The molecule has 0 fully saturated rings. The molecular formula is C11H8F5N3. The number of anilines is 1. The van der Waals surface area contributed by atoms with Gasteiger partial charge in [-0.2, -0.15) is 0 Å². The lowest BCUT2D eigenvalue weighted by atomic mass is 10.2. The summed E-state index contributed by atoms with van der Waals surface area (Å²) in [6, 6.07) is 0. The van der Waals surface area contributed by atoms with Gasteiger partial charge in [0, 0.05) is 13.2 Å². The molecule has 3 nitrogen and oxygen atoms in total. The summed E-state index contributed by atoms with van der Waals surface area (Å²) in [4.78, 5) is 3.76. The van der Waals surface area contributed by atoms with Gasteiger partial charge in [-0.15, -0.1) is 0 Å². The fraction of sp³-hybridized carbons (Fsp3) is 0.182. The van der Waals surface area contributed by atoms with Crippen LogP contribution in [0.15, 0.2) is 12.5 Å². The zero-order valence-corrected chi connectivity index (χ0v) is 9.65. The number of imidazole rings is 1. The third-order valence-corrected chi connectivity index (χ3v) is 2.57. The first kappa shape index (κ1) is 13.3. The molecule has 0 spiro atoms. The van der Waals surface area contributed by atoms with Crippen LogP contribution in [0.1, 0.15) is 5.69 Å². The third-order valence-electron chi connectivity index (χ3n) is 2.57. The predicted octanol–water partition coefficient (Wildman–Crippen LogP) is 2.73. The first-order valence-corrected chi connectivity index (χ1v) is 5.14. The fourth-order valence-corrected chi connectivity index (χ4v) is 1.49. The molecule has 0 saturated carbocycles. The maximum Gasteiger partial charge on any atom is 0.200 e. The molecule has 102 valence electrons. The lowest BCUT2D eigenvalue weighted by Gasteiger charge is -2.10. The number of aromatic nitrogens is 2. The molecule has 0 amide bonds. The van der Waals surface area contributed by atoms with Crippen molar-refractivity contribution in [1.82, 2.24) is 9.55 Å². The van der Waals surface area contributed by atoms with Crippen molar-refractivity contribution in [2.75, 3.05) is 5.32 Å². The second-order valence-electron chi connectivity index (χ2n) is 3.79. The van der Waals surface area contributed by atoms with Gasteiger partial charge < -0.3 is 9.88 Å². The highest BCUT2D eigenvalue weighted by Gasteiger charge is 2.25. The molecule has 1 aromatic heterocycles. The van der Waals surface area contributed by atoms with E-state index in [0.717, 1.165) is 0 Å². The number of hydrogen-bond acceptors (Lipinski definition) is 2. The third kappa shape index (κ3) is 2.25. The van der Waals surface area contributed by atoms with Crippen LogP contribution in [0.3, 0.4) is 0 Å². The largest absolute Gasteiger partial charge is 0.374 e. The normalized spacial score (nSPS) is 10.8. The Morgan fingerprint density at radius 2 is 1.53 bits per heavy atom. The Morgan fingerprint density at radius 3 is 2.00 bits per heavy atom. The zero-order chi connectivity index (χ0) is 14.2. The average Bonchev–Trinajstić information content (AvgIpc) is 2.80. The number of nitrogens with one attached hydrogen (secondary N) is 1. The van der Waals surface area contributed by atoms with Crippen LogP contribution in [0.2, 0.25) is 0 Å². The molecule has 0 unspecified atom stereocenters. The van der Waals surface area contributed by atoms with Gasteiger partial charge in [0.25, 0.3) is 0 Å². The summed E-state index contributed by atoms with van der Waals surface area (Å²) in [6.07, 6.45) is 2.84. The first-order valence-electron chi connectivity index (χ1n) is 5.14. The number of nitrogens with zero attached hydrogens (tertiary/aromatic N) is 2. The molecule has 19 heavy (non-hydrogen) atoms. The molecule has 2 rings (SSSR count). The van der Waals surface area contributed by atoms with Gasteiger partial charge >= 0.3 is 0 Å². The van der Waals surface area contributed by atoms with Gasteiger partial charge in [-0.1, -0.05) is 0 Å². The van der Waals surface area contributed by atoms with E-state index in [0.29, 0.717) is 5.69 Å². The summed E-state index contributed by atoms with van der Waals surface area (Å²) in [5, 5.41) is 2.18. The second kappa shape index (κ2) is 4.87. The maximum absolute atomic E-state index is 13.3. The summed E-state index contributed by atoms with van der Waals surface area (Å²) in [5.74, 6) is -9.92. The van der Waals surface area contributed by atoms with Gasteiger partial charge in [0.2, 0.25) is 5.82 Å². The Hall–Kier alpha value is -2.12. The lowest BCUT2D eigenvalue weighted by Crippen LogP contribution is -2.11. The highest BCUT2D eigenvalue weighted by Crippen LogP contribution is 2.27. The molecule has 0 aliphatic heterocycles. The van der Waals surface area contributed by atoms with Gasteiger partial charge in [0.1, 0.15) is 5.69 Å². The van der Waals surface area contributed by atoms with Crippen LogP contribution in [0.4, 0.5) is 27.6 Å². The lowest BCUT2D eigenvalue weighted by molar-refractivity contribution is 0.381.